The van der Waals surface area contributed by atoms with Gasteiger partial charge in [-0.05, 0) is 35.7 Å². The first kappa shape index (κ1) is 14.3. The highest BCUT2D eigenvalue weighted by molar-refractivity contribution is 7.99. The highest BCUT2D eigenvalue weighted by atomic mass is 32.2. The van der Waals surface area contributed by atoms with Crippen molar-refractivity contribution in [1.29, 1.82) is 0 Å². The van der Waals surface area contributed by atoms with Crippen LogP contribution in [0.25, 0.3) is 0 Å². The molecule has 1 unspecified atom stereocenters. The van der Waals surface area contributed by atoms with Crippen LogP contribution in [-0.4, -0.2) is 24.1 Å². The second kappa shape index (κ2) is 5.74. The fourth-order valence-electron chi connectivity index (χ4n) is 3.10. The third-order valence-electron chi connectivity index (χ3n) is 4.32. The molecule has 4 nitrogen and oxygen atoms in total. The van der Waals surface area contributed by atoms with Crippen LogP contribution >= 0.6 is 11.8 Å². The van der Waals surface area contributed by atoms with Crippen molar-refractivity contribution in [3.05, 3.63) is 59.2 Å². The summed E-state index contributed by atoms with van der Waals surface area (Å²) in [6.07, 6.45) is 0.835. The molecule has 0 spiro atoms. The Bertz CT molecular complexity index is 803. The van der Waals surface area contributed by atoms with E-state index in [1.54, 1.807) is 17.8 Å². The highest BCUT2D eigenvalue weighted by Gasteiger charge is 2.29. The monoisotopic (exact) mass is 324 g/mol. The van der Waals surface area contributed by atoms with Gasteiger partial charge < -0.3 is 10.6 Å². The Labute approximate surface area is 138 Å². The lowest BCUT2D eigenvalue weighted by Crippen LogP contribution is -2.32. The van der Waals surface area contributed by atoms with Crippen LogP contribution in [0.3, 0.4) is 0 Å². The van der Waals surface area contributed by atoms with Crippen LogP contribution in [0.15, 0.2) is 47.4 Å². The van der Waals surface area contributed by atoms with Crippen LogP contribution in [0.2, 0.25) is 0 Å². The molecule has 0 saturated heterocycles. The van der Waals surface area contributed by atoms with Gasteiger partial charge in [-0.2, -0.15) is 0 Å². The lowest BCUT2D eigenvalue weighted by atomic mass is 9.98. The Morgan fingerprint density at radius 3 is 3.00 bits per heavy atom. The van der Waals surface area contributed by atoms with Crippen molar-refractivity contribution in [2.75, 3.05) is 17.6 Å². The first-order chi connectivity index (χ1) is 11.2. The van der Waals surface area contributed by atoms with E-state index in [2.05, 4.69) is 16.7 Å². The summed E-state index contributed by atoms with van der Waals surface area (Å²) in [6.45, 7) is 0.674. The van der Waals surface area contributed by atoms with Gasteiger partial charge in [-0.15, -0.1) is 11.8 Å². The quantitative estimate of drug-likeness (QED) is 0.893. The van der Waals surface area contributed by atoms with Crippen molar-refractivity contribution >= 4 is 29.3 Å². The maximum Gasteiger partial charge on any atom is 0.251 e. The Kier molecular flexibility index (Phi) is 3.58. The van der Waals surface area contributed by atoms with E-state index >= 15 is 0 Å². The largest absolute Gasteiger partial charge is 0.352 e. The molecule has 23 heavy (non-hydrogen) atoms. The predicted molar refractivity (Wildman–Crippen MR) is 91.0 cm³/mol. The molecule has 1 atom stereocenters. The number of anilines is 1. The fourth-order valence-corrected chi connectivity index (χ4v) is 4.33. The van der Waals surface area contributed by atoms with Crippen molar-refractivity contribution in [2.45, 2.75) is 17.2 Å². The van der Waals surface area contributed by atoms with Gasteiger partial charge in [0.15, 0.2) is 0 Å². The van der Waals surface area contributed by atoms with Gasteiger partial charge in [-0.3, -0.25) is 9.59 Å². The molecule has 2 heterocycles. The molecule has 2 N–H and O–H groups in total. The first-order valence-electron chi connectivity index (χ1n) is 7.66. The number of rotatable bonds is 2. The maximum absolute atomic E-state index is 12.6. The molecule has 0 aliphatic carbocycles. The van der Waals surface area contributed by atoms with Gasteiger partial charge in [0.1, 0.15) is 0 Å². The van der Waals surface area contributed by atoms with Crippen molar-refractivity contribution < 1.29 is 9.59 Å². The molecule has 2 aromatic carbocycles. The predicted octanol–water partition coefficient (Wildman–Crippen LogP) is 2.80. The number of nitrogens with one attached hydrogen (secondary N) is 2. The Morgan fingerprint density at radius 2 is 2.09 bits per heavy atom. The van der Waals surface area contributed by atoms with Gasteiger partial charge in [0, 0.05) is 28.4 Å². The van der Waals surface area contributed by atoms with Gasteiger partial charge in [0.2, 0.25) is 5.91 Å². The minimum Gasteiger partial charge on any atom is -0.352 e. The van der Waals surface area contributed by atoms with Gasteiger partial charge in [-0.1, -0.05) is 24.3 Å². The molecule has 2 aromatic rings. The minimum atomic E-state index is -0.138. The number of amides is 2. The number of carbonyl (C=O) groups excluding carboxylic acids is 2. The Hall–Kier alpha value is -2.27. The summed E-state index contributed by atoms with van der Waals surface area (Å²) in [4.78, 5) is 25.7. The molecular formula is C18H16N2O2S. The van der Waals surface area contributed by atoms with E-state index in [1.807, 2.05) is 30.3 Å². The van der Waals surface area contributed by atoms with E-state index in [0.717, 1.165) is 23.3 Å². The molecule has 0 bridgehead atoms. The zero-order valence-electron chi connectivity index (χ0n) is 12.5. The van der Waals surface area contributed by atoms with Gasteiger partial charge in [0.25, 0.3) is 5.91 Å². The highest BCUT2D eigenvalue weighted by Crippen LogP contribution is 2.39. The molecule has 4 rings (SSSR count). The van der Waals surface area contributed by atoms with Crippen LogP contribution in [0.4, 0.5) is 5.69 Å². The second-order valence-corrected chi connectivity index (χ2v) is 6.83. The van der Waals surface area contributed by atoms with Crippen molar-refractivity contribution in [1.82, 2.24) is 5.32 Å². The third kappa shape index (κ3) is 2.61. The third-order valence-corrected chi connectivity index (χ3v) is 5.50. The normalized spacial score (nSPS) is 18.8. The average molecular weight is 324 g/mol. The molecule has 2 amide bonds. The van der Waals surface area contributed by atoms with Crippen LogP contribution in [0.5, 0.6) is 0 Å². The topological polar surface area (TPSA) is 58.2 Å². The Morgan fingerprint density at radius 1 is 1.22 bits per heavy atom. The zero-order chi connectivity index (χ0) is 15.8. The standard InChI is InChI=1S/C18H16N2O2S/c21-17-14-9-12(6-5-11(14)7-8-19-17)20-18(22)15-10-23-16-4-2-1-3-13(15)16/h1-6,9,15H,7-8,10H2,(H,19,21)(H,20,22). The van der Waals surface area contributed by atoms with Gasteiger partial charge in [-0.25, -0.2) is 0 Å². The van der Waals surface area contributed by atoms with E-state index in [-0.39, 0.29) is 17.7 Å². The van der Waals surface area contributed by atoms with Crippen LogP contribution in [0.1, 0.15) is 27.4 Å². The molecule has 0 aromatic heterocycles. The van der Waals surface area contributed by atoms with E-state index in [1.165, 1.54) is 4.90 Å². The first-order valence-corrected chi connectivity index (χ1v) is 8.64. The van der Waals surface area contributed by atoms with Crippen LogP contribution in [0, 0.1) is 0 Å². The summed E-state index contributed by atoms with van der Waals surface area (Å²) < 4.78 is 0. The molecule has 0 fully saturated rings. The summed E-state index contributed by atoms with van der Waals surface area (Å²) in [7, 11) is 0. The van der Waals surface area contributed by atoms with E-state index in [9.17, 15) is 9.59 Å². The molecule has 2 aliphatic heterocycles. The summed E-state index contributed by atoms with van der Waals surface area (Å²) in [5, 5.41) is 5.80. The summed E-state index contributed by atoms with van der Waals surface area (Å²) in [6, 6.07) is 13.6. The van der Waals surface area contributed by atoms with E-state index < -0.39 is 0 Å². The molecule has 116 valence electrons. The number of fused-ring (bicyclic) bond motifs is 2. The molecule has 0 radical (unpaired) electrons. The SMILES string of the molecule is O=C1NCCc2ccc(NC(=O)C3CSc4ccccc43)cc21. The smallest absolute Gasteiger partial charge is 0.251 e. The fraction of sp³-hybridized carbons (Fsp3) is 0.222. The number of hydrogen-bond acceptors (Lipinski definition) is 3. The van der Waals surface area contributed by atoms with Gasteiger partial charge >= 0.3 is 0 Å². The molecule has 5 heteroatoms. The van der Waals surface area contributed by atoms with Gasteiger partial charge in [0.05, 0.1) is 5.92 Å². The number of benzene rings is 2. The second-order valence-electron chi connectivity index (χ2n) is 5.77. The maximum atomic E-state index is 12.6. The number of carbonyl (C=O) groups is 2. The summed E-state index contributed by atoms with van der Waals surface area (Å²) >= 11 is 1.71. The molecule has 2 aliphatic rings. The zero-order valence-corrected chi connectivity index (χ0v) is 13.3. The molecule has 0 saturated carbocycles. The number of hydrogen-bond donors (Lipinski definition) is 2. The van der Waals surface area contributed by atoms with Crippen LogP contribution in [-0.2, 0) is 11.2 Å². The summed E-state index contributed by atoms with van der Waals surface area (Å²) in [5.74, 6) is 0.542. The average Bonchev–Trinajstić information content (AvgIpc) is 3.00. The van der Waals surface area contributed by atoms with E-state index in [4.69, 9.17) is 0 Å². The Balaban J connectivity index is 1.56. The van der Waals surface area contributed by atoms with E-state index in [0.29, 0.717) is 17.8 Å². The van der Waals surface area contributed by atoms with Crippen molar-refractivity contribution in [3.63, 3.8) is 0 Å². The molecular weight excluding hydrogens is 308 g/mol. The van der Waals surface area contributed by atoms with Crippen molar-refractivity contribution in [3.8, 4) is 0 Å². The lowest BCUT2D eigenvalue weighted by molar-refractivity contribution is -0.117. The van der Waals surface area contributed by atoms with Crippen LogP contribution < -0.4 is 10.6 Å². The lowest BCUT2D eigenvalue weighted by Gasteiger charge is -2.18. The number of thioether (sulfide) groups is 1. The summed E-state index contributed by atoms with van der Waals surface area (Å²) in [5.41, 5.74) is 3.47. The van der Waals surface area contributed by atoms with Crippen molar-refractivity contribution in [2.24, 2.45) is 0 Å². The minimum absolute atomic E-state index is 0.0152.